The first-order chi connectivity index (χ1) is 11.6. The number of hydrogen-bond acceptors (Lipinski definition) is 5. The first-order valence-corrected chi connectivity index (χ1v) is 8.30. The average Bonchev–Trinajstić information content (AvgIpc) is 3.27. The fraction of sp³-hybridized carbons (Fsp3) is 0.474. The Hall–Kier alpha value is -2.50. The van der Waals surface area contributed by atoms with Crippen molar-refractivity contribution in [2.24, 2.45) is 17.8 Å². The summed E-state index contributed by atoms with van der Waals surface area (Å²) < 4.78 is 0. The van der Waals surface area contributed by atoms with Crippen LogP contribution >= 0.6 is 0 Å². The maximum Gasteiger partial charge on any atom is 0.166 e. The molecule has 6 atom stereocenters. The summed E-state index contributed by atoms with van der Waals surface area (Å²) in [6, 6.07) is 13.3. The fourth-order valence-corrected chi connectivity index (χ4v) is 5.06. The van der Waals surface area contributed by atoms with E-state index in [4.69, 9.17) is 5.26 Å². The summed E-state index contributed by atoms with van der Waals surface area (Å²) in [5, 5.41) is 18.3. The van der Waals surface area contributed by atoms with Gasteiger partial charge in [0.2, 0.25) is 0 Å². The molecule has 2 aliphatic carbocycles. The van der Waals surface area contributed by atoms with Crippen LogP contribution in [0.3, 0.4) is 0 Å². The minimum atomic E-state index is -0.415. The molecule has 120 valence electrons. The minimum Gasteiger partial charge on any atom is -0.298 e. The van der Waals surface area contributed by atoms with Crippen LogP contribution in [0, 0.1) is 40.4 Å². The second kappa shape index (κ2) is 5.26. The standard InChI is InChI=1S/C19H17N3O2/c20-7-4-8-22-18-15(23)9-14(16-13(11-21)10-19(16,18)22)17(24)12-5-2-1-3-6-12/h1-3,5-6,13-14,16,18H,4,8-10H2. The Balaban J connectivity index is 1.65. The molecule has 0 amide bonds. The molecule has 2 saturated carbocycles. The monoisotopic (exact) mass is 319 g/mol. The number of nitriles is 2. The van der Waals surface area contributed by atoms with Crippen LogP contribution in [-0.2, 0) is 4.79 Å². The van der Waals surface area contributed by atoms with Crippen LogP contribution in [0.4, 0.5) is 0 Å². The Bertz CT molecular complexity index is 791. The van der Waals surface area contributed by atoms with Crippen LogP contribution in [0.2, 0.25) is 0 Å². The third-order valence-corrected chi connectivity index (χ3v) is 5.99. The highest BCUT2D eigenvalue weighted by atomic mass is 16.1. The predicted molar refractivity (Wildman–Crippen MR) is 84.6 cm³/mol. The van der Waals surface area contributed by atoms with Crippen molar-refractivity contribution >= 4 is 11.6 Å². The number of ketones is 2. The van der Waals surface area contributed by atoms with Crippen molar-refractivity contribution in [2.45, 2.75) is 30.8 Å². The maximum atomic E-state index is 12.9. The molecule has 1 spiro atoms. The van der Waals surface area contributed by atoms with Crippen LogP contribution in [-0.4, -0.2) is 34.6 Å². The van der Waals surface area contributed by atoms with Crippen molar-refractivity contribution in [1.29, 1.82) is 10.5 Å². The highest BCUT2D eigenvalue weighted by molar-refractivity contribution is 6.03. The molecule has 3 fully saturated rings. The molecular weight excluding hydrogens is 302 g/mol. The van der Waals surface area contributed by atoms with Gasteiger partial charge < -0.3 is 0 Å². The van der Waals surface area contributed by atoms with Gasteiger partial charge in [0.15, 0.2) is 11.6 Å². The zero-order chi connectivity index (χ0) is 16.9. The molecule has 3 aliphatic rings. The molecule has 0 bridgehead atoms. The fourth-order valence-electron chi connectivity index (χ4n) is 5.06. The Morgan fingerprint density at radius 1 is 1.29 bits per heavy atom. The van der Waals surface area contributed by atoms with Gasteiger partial charge in [0.1, 0.15) is 0 Å². The van der Waals surface area contributed by atoms with Crippen LogP contribution in [0.15, 0.2) is 30.3 Å². The second-order valence-corrected chi connectivity index (χ2v) is 6.97. The molecule has 1 aliphatic heterocycles. The SMILES string of the molecule is N#CCCN1C2C(=O)CC(C(=O)c3ccccc3)C3C(C#N)CC321. The van der Waals surface area contributed by atoms with E-state index in [1.54, 1.807) is 12.1 Å². The molecule has 5 heteroatoms. The van der Waals surface area contributed by atoms with Gasteiger partial charge in [-0.1, -0.05) is 30.3 Å². The number of benzene rings is 1. The van der Waals surface area contributed by atoms with Gasteiger partial charge in [0, 0.05) is 36.8 Å². The normalized spacial score (nSPS) is 38.8. The topological polar surface area (TPSA) is 84.7 Å². The Labute approximate surface area is 140 Å². The van der Waals surface area contributed by atoms with Gasteiger partial charge in [-0.3, -0.25) is 14.5 Å². The average molecular weight is 319 g/mol. The third kappa shape index (κ3) is 1.82. The minimum absolute atomic E-state index is 0.0288. The lowest BCUT2D eigenvalue weighted by Gasteiger charge is -2.48. The lowest BCUT2D eigenvalue weighted by atomic mass is 9.53. The smallest absolute Gasteiger partial charge is 0.166 e. The number of carbonyl (C=O) groups is 2. The molecule has 24 heavy (non-hydrogen) atoms. The summed E-state index contributed by atoms with van der Waals surface area (Å²) in [5.41, 5.74) is 0.276. The molecule has 6 unspecified atom stereocenters. The van der Waals surface area contributed by atoms with Crippen LogP contribution in [0.25, 0.3) is 0 Å². The van der Waals surface area contributed by atoms with E-state index in [9.17, 15) is 14.9 Å². The van der Waals surface area contributed by atoms with E-state index in [2.05, 4.69) is 17.0 Å². The maximum absolute atomic E-state index is 12.9. The quantitative estimate of drug-likeness (QED) is 0.625. The summed E-state index contributed by atoms with van der Waals surface area (Å²) in [6.45, 7) is 0.549. The number of hydrogen-bond donors (Lipinski definition) is 0. The van der Waals surface area contributed by atoms with Crippen LogP contribution in [0.1, 0.15) is 29.6 Å². The van der Waals surface area contributed by atoms with Crippen molar-refractivity contribution < 1.29 is 9.59 Å². The molecule has 1 heterocycles. The largest absolute Gasteiger partial charge is 0.298 e. The zero-order valence-electron chi connectivity index (χ0n) is 13.2. The van der Waals surface area contributed by atoms with E-state index in [1.807, 2.05) is 18.2 Å². The first kappa shape index (κ1) is 15.1. The van der Waals surface area contributed by atoms with Gasteiger partial charge in [0.05, 0.1) is 29.6 Å². The second-order valence-electron chi connectivity index (χ2n) is 6.97. The molecule has 1 aromatic carbocycles. The molecule has 1 aromatic rings. The van der Waals surface area contributed by atoms with E-state index in [-0.39, 0.29) is 41.4 Å². The summed E-state index contributed by atoms with van der Waals surface area (Å²) in [6.07, 6.45) is 1.23. The lowest BCUT2D eigenvalue weighted by Crippen LogP contribution is -2.57. The number of likely N-dealkylation sites (tertiary alicyclic amines) is 1. The van der Waals surface area contributed by atoms with Crippen LogP contribution in [0.5, 0.6) is 0 Å². The number of Topliss-reactive ketones (excluding diaryl/α,β-unsaturated/α-hetero) is 2. The van der Waals surface area contributed by atoms with Gasteiger partial charge in [-0.05, 0) is 6.42 Å². The van der Waals surface area contributed by atoms with E-state index >= 15 is 0 Å². The molecule has 1 saturated heterocycles. The van der Waals surface area contributed by atoms with E-state index < -0.39 is 5.92 Å². The molecular formula is C19H17N3O2. The summed E-state index contributed by atoms with van der Waals surface area (Å²) in [7, 11) is 0. The van der Waals surface area contributed by atoms with Crippen molar-refractivity contribution in [3.63, 3.8) is 0 Å². The lowest BCUT2D eigenvalue weighted by molar-refractivity contribution is -0.123. The predicted octanol–water partition coefficient (Wildman–Crippen LogP) is 1.95. The Kier molecular flexibility index (Phi) is 3.30. The molecule has 5 nitrogen and oxygen atoms in total. The molecule has 0 N–H and O–H groups in total. The van der Waals surface area contributed by atoms with Gasteiger partial charge in [0.25, 0.3) is 0 Å². The molecule has 0 aromatic heterocycles. The number of carbonyl (C=O) groups excluding carboxylic acids is 2. The number of rotatable bonds is 4. The van der Waals surface area contributed by atoms with E-state index in [0.717, 1.165) is 0 Å². The van der Waals surface area contributed by atoms with Gasteiger partial charge in [-0.25, -0.2) is 0 Å². The first-order valence-electron chi connectivity index (χ1n) is 8.30. The van der Waals surface area contributed by atoms with Crippen molar-refractivity contribution in [2.75, 3.05) is 6.54 Å². The van der Waals surface area contributed by atoms with Gasteiger partial charge >= 0.3 is 0 Å². The Morgan fingerprint density at radius 3 is 2.71 bits per heavy atom. The highest BCUT2D eigenvalue weighted by Gasteiger charge is 2.80. The molecule has 4 rings (SSSR count). The summed E-state index contributed by atoms with van der Waals surface area (Å²) >= 11 is 0. The Morgan fingerprint density at radius 2 is 2.04 bits per heavy atom. The summed E-state index contributed by atoms with van der Waals surface area (Å²) in [5.74, 6) is -0.614. The van der Waals surface area contributed by atoms with E-state index in [0.29, 0.717) is 24.9 Å². The number of nitrogens with zero attached hydrogens (tertiary/aromatic N) is 3. The van der Waals surface area contributed by atoms with Crippen molar-refractivity contribution in [3.8, 4) is 12.1 Å². The molecule has 0 radical (unpaired) electrons. The van der Waals surface area contributed by atoms with Crippen LogP contribution < -0.4 is 0 Å². The van der Waals surface area contributed by atoms with Crippen molar-refractivity contribution in [3.05, 3.63) is 35.9 Å². The van der Waals surface area contributed by atoms with Gasteiger partial charge in [-0.2, -0.15) is 10.5 Å². The van der Waals surface area contributed by atoms with Crippen molar-refractivity contribution in [1.82, 2.24) is 4.90 Å². The van der Waals surface area contributed by atoms with Gasteiger partial charge in [-0.15, -0.1) is 0 Å². The highest BCUT2D eigenvalue weighted by Crippen LogP contribution is 2.67. The summed E-state index contributed by atoms with van der Waals surface area (Å²) in [4.78, 5) is 27.6. The van der Waals surface area contributed by atoms with E-state index in [1.165, 1.54) is 0 Å². The third-order valence-electron chi connectivity index (χ3n) is 5.99. The zero-order valence-corrected chi connectivity index (χ0v) is 13.2.